The van der Waals surface area contributed by atoms with E-state index in [-0.39, 0.29) is 24.5 Å². The van der Waals surface area contributed by atoms with Gasteiger partial charge in [-0.05, 0) is 56.9 Å². The molecule has 0 radical (unpaired) electrons. The van der Waals surface area contributed by atoms with E-state index >= 15 is 0 Å². The lowest BCUT2D eigenvalue weighted by Gasteiger charge is -2.39. The second kappa shape index (κ2) is 8.34. The summed E-state index contributed by atoms with van der Waals surface area (Å²) in [6.07, 6.45) is 6.97. The van der Waals surface area contributed by atoms with E-state index in [0.717, 1.165) is 40.3 Å². The van der Waals surface area contributed by atoms with Gasteiger partial charge in [-0.25, -0.2) is 0 Å². The first-order chi connectivity index (χ1) is 15.1. The quantitative estimate of drug-likeness (QED) is 0.441. The van der Waals surface area contributed by atoms with Gasteiger partial charge in [0.25, 0.3) is 0 Å². The molecule has 0 bridgehead atoms. The maximum absolute atomic E-state index is 13.3. The molecule has 0 N–H and O–H groups in total. The van der Waals surface area contributed by atoms with Gasteiger partial charge >= 0.3 is 0 Å². The van der Waals surface area contributed by atoms with Gasteiger partial charge in [-0.3, -0.25) is 18.7 Å². The number of pyridine rings is 1. The van der Waals surface area contributed by atoms with Crippen LogP contribution >= 0.6 is 11.8 Å². The zero-order valence-corrected chi connectivity index (χ0v) is 18.6. The van der Waals surface area contributed by atoms with E-state index in [1.165, 1.54) is 6.42 Å². The Kier molecular flexibility index (Phi) is 5.40. The number of likely N-dealkylation sites (tertiary alicyclic amines) is 1. The zero-order chi connectivity index (χ0) is 21.4. The van der Waals surface area contributed by atoms with Crippen LogP contribution in [0.5, 0.6) is 0 Å². The van der Waals surface area contributed by atoms with E-state index in [2.05, 4.69) is 56.5 Å². The van der Waals surface area contributed by atoms with Crippen molar-refractivity contribution in [3.63, 3.8) is 0 Å². The molecule has 0 saturated carbocycles. The van der Waals surface area contributed by atoms with Crippen molar-refractivity contribution >= 4 is 34.5 Å². The summed E-state index contributed by atoms with van der Waals surface area (Å²) in [6, 6.07) is 12.7. The Morgan fingerprint density at radius 3 is 2.58 bits per heavy atom. The Morgan fingerprint density at radius 1 is 1.06 bits per heavy atom. The molecule has 0 unspecified atom stereocenters. The highest BCUT2D eigenvalue weighted by Gasteiger charge is 2.30. The Labute approximate surface area is 185 Å². The molecule has 4 heterocycles. The summed E-state index contributed by atoms with van der Waals surface area (Å²) in [5, 5.41) is 9.73. The predicted octanol–water partition coefficient (Wildman–Crippen LogP) is 4.16. The smallest absolute Gasteiger partial charge is 0.243 e. The number of carbonyl (C=O) groups is 1. The van der Waals surface area contributed by atoms with Gasteiger partial charge in [0.05, 0.1) is 11.0 Å². The Balaban J connectivity index is 1.49. The molecular weight excluding hydrogens is 408 g/mol. The molecule has 1 fully saturated rings. The lowest BCUT2D eigenvalue weighted by atomic mass is 9.97. The van der Waals surface area contributed by atoms with E-state index in [1.54, 1.807) is 18.0 Å². The van der Waals surface area contributed by atoms with Gasteiger partial charge in [0.2, 0.25) is 11.7 Å². The number of fused-ring (bicyclic) bond motifs is 3. The largest absolute Gasteiger partial charge is 0.336 e. The Morgan fingerprint density at radius 2 is 1.84 bits per heavy atom. The van der Waals surface area contributed by atoms with Crippen molar-refractivity contribution in [2.24, 2.45) is 0 Å². The van der Waals surface area contributed by atoms with Crippen molar-refractivity contribution in [1.29, 1.82) is 0 Å². The van der Waals surface area contributed by atoms with Crippen molar-refractivity contribution in [1.82, 2.24) is 29.0 Å². The van der Waals surface area contributed by atoms with Crippen LogP contribution in [0.4, 0.5) is 0 Å². The normalized spacial score (nSPS) is 19.4. The minimum absolute atomic E-state index is 0.149. The summed E-state index contributed by atoms with van der Waals surface area (Å²) in [7, 11) is 0. The average molecular weight is 435 g/mol. The van der Waals surface area contributed by atoms with Gasteiger partial charge in [-0.1, -0.05) is 30.0 Å². The highest BCUT2D eigenvalue weighted by atomic mass is 32.2. The minimum Gasteiger partial charge on any atom is -0.336 e. The van der Waals surface area contributed by atoms with E-state index in [1.807, 2.05) is 29.0 Å². The van der Waals surface area contributed by atoms with E-state index in [4.69, 9.17) is 0 Å². The van der Waals surface area contributed by atoms with Crippen molar-refractivity contribution < 1.29 is 4.79 Å². The van der Waals surface area contributed by atoms with Crippen LogP contribution in [0.25, 0.3) is 16.8 Å². The number of imidazole rings is 1. The number of carbonyl (C=O) groups excluding carboxylic acids is 1. The van der Waals surface area contributed by atoms with Crippen LogP contribution in [0, 0.1) is 0 Å². The molecule has 160 valence electrons. The topological polar surface area (TPSA) is 68.3 Å². The SMILES string of the molecule is C[C@H]1CCC[C@H](C)N1C(=O)Cn1c2ccccc2n2c(SCc3cccnc3)nnc12. The highest BCUT2D eigenvalue weighted by Crippen LogP contribution is 2.29. The summed E-state index contributed by atoms with van der Waals surface area (Å²) >= 11 is 1.63. The van der Waals surface area contributed by atoms with Crippen molar-refractivity contribution in [3.8, 4) is 0 Å². The molecule has 5 rings (SSSR count). The van der Waals surface area contributed by atoms with Crippen LogP contribution in [0.3, 0.4) is 0 Å². The third-order valence-electron chi connectivity index (χ3n) is 6.14. The van der Waals surface area contributed by atoms with Gasteiger partial charge in [0, 0.05) is 30.2 Å². The van der Waals surface area contributed by atoms with Gasteiger partial charge in [-0.2, -0.15) is 0 Å². The molecule has 0 spiro atoms. The first-order valence-electron chi connectivity index (χ1n) is 10.8. The minimum atomic E-state index is 0.149. The average Bonchev–Trinajstić information content (AvgIpc) is 3.32. The lowest BCUT2D eigenvalue weighted by molar-refractivity contribution is -0.137. The van der Waals surface area contributed by atoms with Crippen LogP contribution in [0.1, 0.15) is 38.7 Å². The molecule has 7 nitrogen and oxygen atoms in total. The number of amides is 1. The summed E-state index contributed by atoms with van der Waals surface area (Å²) in [5.41, 5.74) is 3.15. The zero-order valence-electron chi connectivity index (χ0n) is 17.8. The molecule has 1 aromatic carbocycles. The van der Waals surface area contributed by atoms with Crippen molar-refractivity contribution in [3.05, 3.63) is 54.4 Å². The molecule has 4 aromatic rings. The maximum atomic E-state index is 13.3. The summed E-state index contributed by atoms with van der Waals surface area (Å²) in [6.45, 7) is 4.58. The van der Waals surface area contributed by atoms with Crippen LogP contribution in [-0.2, 0) is 17.1 Å². The molecule has 1 aliphatic heterocycles. The number of hydrogen-bond donors (Lipinski definition) is 0. The van der Waals surface area contributed by atoms with E-state index in [9.17, 15) is 4.79 Å². The van der Waals surface area contributed by atoms with E-state index in [0.29, 0.717) is 5.78 Å². The van der Waals surface area contributed by atoms with Crippen molar-refractivity contribution in [2.45, 2.75) is 62.6 Å². The van der Waals surface area contributed by atoms with Gasteiger partial charge in [0.1, 0.15) is 6.54 Å². The summed E-state index contributed by atoms with van der Waals surface area (Å²) in [4.78, 5) is 19.6. The third-order valence-corrected chi connectivity index (χ3v) is 7.14. The standard InChI is InChI=1S/C23H26N6OS/c1-16-7-5-8-17(2)28(16)21(30)14-27-19-10-3-4-11-20(19)29-22(27)25-26-23(29)31-15-18-9-6-12-24-13-18/h3-4,6,9-13,16-17H,5,7-8,14-15H2,1-2H3/t16-,17-/m0/s1. The summed E-state index contributed by atoms with van der Waals surface area (Å²) in [5.74, 6) is 1.62. The van der Waals surface area contributed by atoms with Crippen LogP contribution in [0.15, 0.2) is 53.9 Å². The predicted molar refractivity (Wildman–Crippen MR) is 122 cm³/mol. The van der Waals surface area contributed by atoms with Crippen LogP contribution < -0.4 is 0 Å². The lowest BCUT2D eigenvalue weighted by Crippen LogP contribution is -2.48. The molecule has 1 saturated heterocycles. The van der Waals surface area contributed by atoms with Gasteiger partial charge < -0.3 is 4.90 Å². The number of hydrogen-bond acceptors (Lipinski definition) is 5. The first-order valence-corrected chi connectivity index (χ1v) is 11.8. The number of piperidine rings is 1. The Bertz CT molecular complexity index is 1210. The monoisotopic (exact) mass is 434 g/mol. The number of rotatable bonds is 5. The number of nitrogens with zero attached hydrogens (tertiary/aromatic N) is 6. The second-order valence-electron chi connectivity index (χ2n) is 8.27. The Hall–Kier alpha value is -2.87. The molecular formula is C23H26N6OS. The maximum Gasteiger partial charge on any atom is 0.243 e. The number of aromatic nitrogens is 5. The molecule has 0 aliphatic carbocycles. The molecule has 3 aromatic heterocycles. The van der Waals surface area contributed by atoms with Crippen LogP contribution in [-0.4, -0.2) is 47.0 Å². The number of thioether (sulfide) groups is 1. The van der Waals surface area contributed by atoms with E-state index < -0.39 is 0 Å². The summed E-state index contributed by atoms with van der Waals surface area (Å²) < 4.78 is 4.07. The van der Waals surface area contributed by atoms with Gasteiger partial charge in [0.15, 0.2) is 5.16 Å². The molecule has 2 atom stereocenters. The number of para-hydroxylation sites is 2. The molecule has 1 amide bonds. The molecule has 31 heavy (non-hydrogen) atoms. The highest BCUT2D eigenvalue weighted by molar-refractivity contribution is 7.98. The van der Waals surface area contributed by atoms with Gasteiger partial charge in [-0.15, -0.1) is 10.2 Å². The second-order valence-corrected chi connectivity index (χ2v) is 9.22. The molecule has 8 heteroatoms. The fourth-order valence-electron chi connectivity index (χ4n) is 4.65. The molecule has 1 aliphatic rings. The van der Waals surface area contributed by atoms with Crippen molar-refractivity contribution in [2.75, 3.05) is 0 Å². The first kappa shape index (κ1) is 20.1. The third kappa shape index (κ3) is 3.69. The fourth-order valence-corrected chi connectivity index (χ4v) is 5.52. The van der Waals surface area contributed by atoms with Crippen LogP contribution in [0.2, 0.25) is 0 Å². The fraction of sp³-hybridized carbons (Fsp3) is 0.391. The number of benzene rings is 1.